The van der Waals surface area contributed by atoms with Crippen molar-refractivity contribution in [1.29, 1.82) is 0 Å². The van der Waals surface area contributed by atoms with Gasteiger partial charge in [-0.2, -0.15) is 0 Å². The normalized spacial score (nSPS) is 26.8. The zero-order valence-electron chi connectivity index (χ0n) is 25.5. The first-order chi connectivity index (χ1) is 21.1. The third kappa shape index (κ3) is 5.12. The number of aryl methyl sites for hydroxylation is 1. The molecule has 10 heteroatoms. The minimum atomic E-state index is -0.884. The molecular formula is C34H40ClN3O5S. The number of hydrogen-bond acceptors (Lipinski definition) is 6. The molecule has 234 valence electrons. The van der Waals surface area contributed by atoms with Crippen LogP contribution < -0.4 is 14.5 Å². The maximum atomic E-state index is 14.7. The quantitative estimate of drug-likeness (QED) is 0.320. The molecule has 2 unspecified atom stereocenters. The van der Waals surface area contributed by atoms with Crippen molar-refractivity contribution in [2.75, 3.05) is 42.6 Å². The summed E-state index contributed by atoms with van der Waals surface area (Å²) in [5, 5.41) is 10.5. The minimum Gasteiger partial charge on any atom is -0.494 e. The molecule has 8 nitrogen and oxygen atoms in total. The Morgan fingerprint density at radius 1 is 1.11 bits per heavy atom. The number of nitrogens with zero attached hydrogens (tertiary/aromatic N) is 3. The highest BCUT2D eigenvalue weighted by molar-refractivity contribution is 8.02. The second-order valence-corrected chi connectivity index (χ2v) is 14.1. The molecule has 44 heavy (non-hydrogen) atoms. The first-order valence-electron chi connectivity index (χ1n) is 15.0. The Balaban J connectivity index is 1.57. The number of carbonyl (C=O) groups is 3. The Bertz CT molecular complexity index is 1450. The summed E-state index contributed by atoms with van der Waals surface area (Å²) in [5.41, 5.74) is 2.07. The fraction of sp³-hybridized carbons (Fsp3) is 0.441. The van der Waals surface area contributed by atoms with E-state index in [1.165, 1.54) is 4.90 Å². The van der Waals surface area contributed by atoms with Crippen LogP contribution in [0, 0.1) is 18.8 Å². The van der Waals surface area contributed by atoms with Gasteiger partial charge in [0.2, 0.25) is 11.8 Å². The number of thioether (sulfide) groups is 1. The van der Waals surface area contributed by atoms with Gasteiger partial charge in [0.05, 0.1) is 40.5 Å². The fourth-order valence-electron chi connectivity index (χ4n) is 7.47. The molecule has 2 bridgehead atoms. The summed E-state index contributed by atoms with van der Waals surface area (Å²) in [6.45, 7) is 14.3. The maximum absolute atomic E-state index is 14.7. The van der Waals surface area contributed by atoms with Crippen molar-refractivity contribution in [2.24, 2.45) is 11.8 Å². The highest BCUT2D eigenvalue weighted by Crippen LogP contribution is 2.71. The number of benzene rings is 2. The molecule has 2 aromatic rings. The Labute approximate surface area is 268 Å². The van der Waals surface area contributed by atoms with Gasteiger partial charge in [0, 0.05) is 30.1 Å². The van der Waals surface area contributed by atoms with Gasteiger partial charge in [0.25, 0.3) is 5.91 Å². The molecule has 5 atom stereocenters. The molecule has 3 saturated heterocycles. The van der Waals surface area contributed by atoms with Gasteiger partial charge in [-0.3, -0.25) is 14.4 Å². The van der Waals surface area contributed by atoms with Gasteiger partial charge in [0.1, 0.15) is 11.8 Å². The molecule has 3 amide bonds. The second kappa shape index (κ2) is 12.6. The summed E-state index contributed by atoms with van der Waals surface area (Å²) in [6, 6.07) is 11.9. The SMILES string of the molecule is C=CCN(C(=O)[C@@H]1[C@H]2C(=O)N(CCO)C(C(=O)N(CC=C)c3c(C)cccc3Cl)C23CC[C@@]1(C)S3)c1ccc(OCC)cc1. The number of carbonyl (C=O) groups excluding carboxylic acids is 3. The molecule has 0 saturated carbocycles. The van der Waals surface area contributed by atoms with Crippen molar-refractivity contribution in [1.82, 2.24) is 4.90 Å². The predicted molar refractivity (Wildman–Crippen MR) is 176 cm³/mol. The number of anilines is 2. The van der Waals surface area contributed by atoms with Crippen LogP contribution in [0.2, 0.25) is 5.02 Å². The fourth-order valence-corrected chi connectivity index (χ4v) is 10.1. The largest absolute Gasteiger partial charge is 0.494 e. The van der Waals surface area contributed by atoms with Crippen molar-refractivity contribution in [3.05, 3.63) is 78.4 Å². The smallest absolute Gasteiger partial charge is 0.251 e. The molecule has 1 N–H and O–H groups in total. The van der Waals surface area contributed by atoms with Crippen LogP contribution >= 0.6 is 23.4 Å². The van der Waals surface area contributed by atoms with Gasteiger partial charge in [-0.05, 0) is 69.5 Å². The van der Waals surface area contributed by atoms with Gasteiger partial charge in [0.15, 0.2) is 0 Å². The molecular weight excluding hydrogens is 598 g/mol. The molecule has 1 spiro atoms. The van der Waals surface area contributed by atoms with Crippen molar-refractivity contribution in [3.8, 4) is 5.75 Å². The van der Waals surface area contributed by atoms with Crippen molar-refractivity contribution in [3.63, 3.8) is 0 Å². The molecule has 0 aromatic heterocycles. The van der Waals surface area contributed by atoms with E-state index in [9.17, 15) is 19.5 Å². The van der Waals surface area contributed by atoms with Gasteiger partial charge in [-0.25, -0.2) is 0 Å². The van der Waals surface area contributed by atoms with Gasteiger partial charge in [-0.15, -0.1) is 24.9 Å². The Hall–Kier alpha value is -3.27. The van der Waals surface area contributed by atoms with Crippen LogP contribution in [0.25, 0.3) is 0 Å². The number of fused-ring (bicyclic) bond motifs is 1. The number of β-amino-alcohol motifs (C(OH)–C–C–N with tert-alkyl or cyclic N) is 1. The molecule has 3 aliphatic rings. The number of aliphatic hydroxyl groups excluding tert-OH is 1. The summed E-state index contributed by atoms with van der Waals surface area (Å²) >= 11 is 8.24. The molecule has 3 heterocycles. The lowest BCUT2D eigenvalue weighted by atomic mass is 9.66. The van der Waals surface area contributed by atoms with E-state index in [1.54, 1.807) is 39.8 Å². The predicted octanol–water partition coefficient (Wildman–Crippen LogP) is 5.26. The Kier molecular flexibility index (Phi) is 9.21. The lowest BCUT2D eigenvalue weighted by Crippen LogP contribution is -2.55. The third-order valence-corrected chi connectivity index (χ3v) is 11.5. The molecule has 3 aliphatic heterocycles. The summed E-state index contributed by atoms with van der Waals surface area (Å²) < 4.78 is 4.19. The first-order valence-corrected chi connectivity index (χ1v) is 16.2. The maximum Gasteiger partial charge on any atom is 0.251 e. The summed E-state index contributed by atoms with van der Waals surface area (Å²) in [6.07, 6.45) is 4.58. The van der Waals surface area contributed by atoms with Crippen LogP contribution in [0.1, 0.15) is 32.3 Å². The molecule has 0 aliphatic carbocycles. The lowest BCUT2D eigenvalue weighted by molar-refractivity contribution is -0.140. The Morgan fingerprint density at radius 3 is 2.41 bits per heavy atom. The van der Waals surface area contributed by atoms with Crippen LogP contribution in [0.15, 0.2) is 67.8 Å². The highest BCUT2D eigenvalue weighted by atomic mass is 35.5. The van der Waals surface area contributed by atoms with E-state index in [0.29, 0.717) is 41.6 Å². The number of rotatable bonds is 12. The number of likely N-dealkylation sites (tertiary alicyclic amines) is 1. The van der Waals surface area contributed by atoms with E-state index in [-0.39, 0.29) is 44.0 Å². The van der Waals surface area contributed by atoms with Crippen LogP contribution in [0.5, 0.6) is 5.75 Å². The van der Waals surface area contributed by atoms with E-state index >= 15 is 0 Å². The first kappa shape index (κ1) is 32.1. The van der Waals surface area contributed by atoms with E-state index < -0.39 is 27.4 Å². The lowest BCUT2D eigenvalue weighted by Gasteiger charge is -2.38. The van der Waals surface area contributed by atoms with Gasteiger partial charge < -0.3 is 24.5 Å². The van der Waals surface area contributed by atoms with Crippen LogP contribution in [0.4, 0.5) is 11.4 Å². The van der Waals surface area contributed by atoms with E-state index in [0.717, 1.165) is 5.56 Å². The van der Waals surface area contributed by atoms with E-state index in [4.69, 9.17) is 16.3 Å². The second-order valence-electron chi connectivity index (χ2n) is 11.8. The van der Waals surface area contributed by atoms with Crippen molar-refractivity contribution in [2.45, 2.75) is 49.1 Å². The highest BCUT2D eigenvalue weighted by Gasteiger charge is 2.77. The van der Waals surface area contributed by atoms with Crippen LogP contribution in [-0.2, 0) is 14.4 Å². The number of ether oxygens (including phenoxy) is 1. The zero-order valence-corrected chi connectivity index (χ0v) is 27.1. The molecule has 5 rings (SSSR count). The molecule has 2 aromatic carbocycles. The average Bonchev–Trinajstić information content (AvgIpc) is 3.56. The zero-order chi connectivity index (χ0) is 31.8. The summed E-state index contributed by atoms with van der Waals surface area (Å²) in [4.78, 5) is 48.5. The van der Waals surface area contributed by atoms with E-state index in [2.05, 4.69) is 13.2 Å². The van der Waals surface area contributed by atoms with Crippen molar-refractivity contribution >= 4 is 52.5 Å². The number of halogens is 1. The number of aliphatic hydroxyl groups is 1. The third-order valence-electron chi connectivity index (χ3n) is 9.19. The average molecular weight is 638 g/mol. The number of amides is 3. The van der Waals surface area contributed by atoms with Gasteiger partial charge in [-0.1, -0.05) is 35.9 Å². The molecule has 0 radical (unpaired) electrons. The standard InChI is InChI=1S/C34H40ClN3O5S/c1-6-18-36(23-12-14-24(15-13-23)43-8-3)30(40)26-27-31(41)38(20-21-39)29(34(27)17-16-33(26,5)44-34)32(42)37(19-7-2)28-22(4)10-9-11-25(28)35/h6-7,9-15,26-27,29,39H,1-2,8,16-21H2,3-5H3/t26-,27-,29?,33+,34?/m0/s1. The summed E-state index contributed by atoms with van der Waals surface area (Å²) in [5.74, 6) is -1.43. The summed E-state index contributed by atoms with van der Waals surface area (Å²) in [7, 11) is 0. The monoisotopic (exact) mass is 637 g/mol. The van der Waals surface area contributed by atoms with Crippen molar-refractivity contribution < 1.29 is 24.2 Å². The van der Waals surface area contributed by atoms with E-state index in [1.807, 2.05) is 57.2 Å². The molecule has 3 fully saturated rings. The number of hydrogen-bond donors (Lipinski definition) is 1. The Morgan fingerprint density at radius 2 is 1.80 bits per heavy atom. The number of para-hydroxylation sites is 1. The van der Waals surface area contributed by atoms with Crippen LogP contribution in [-0.4, -0.2) is 76.1 Å². The van der Waals surface area contributed by atoms with Gasteiger partial charge >= 0.3 is 0 Å². The van der Waals surface area contributed by atoms with Crippen LogP contribution in [0.3, 0.4) is 0 Å². The topological polar surface area (TPSA) is 90.4 Å². The minimum absolute atomic E-state index is 0.00955.